The zero-order chi connectivity index (χ0) is 49.9. The summed E-state index contributed by atoms with van der Waals surface area (Å²) in [4.78, 5) is 129. The number of rotatable bonds is 32. The number of nitrogens with two attached hydrogens (primary N) is 8. The van der Waals surface area contributed by atoms with Crippen molar-refractivity contribution in [2.75, 3.05) is 26.2 Å². The van der Waals surface area contributed by atoms with E-state index in [4.69, 9.17) is 45.9 Å². The maximum atomic E-state index is 14.1. The van der Waals surface area contributed by atoms with Crippen molar-refractivity contribution in [1.82, 2.24) is 37.2 Å². The maximum absolute atomic E-state index is 14.1. The second-order valence-electron chi connectivity index (χ2n) is 15.4. The highest BCUT2D eigenvalue weighted by Crippen LogP contribution is 2.10. The zero-order valence-electron chi connectivity index (χ0n) is 37.0. The van der Waals surface area contributed by atoms with Gasteiger partial charge in [-0.1, -0.05) is 0 Å². The third-order valence-corrected chi connectivity index (χ3v) is 9.78. The third kappa shape index (κ3) is 23.6. The molecule has 372 valence electrons. The Hall–Kier alpha value is -7.04. The maximum Gasteiger partial charge on any atom is 0.326 e. The highest BCUT2D eigenvalue weighted by molar-refractivity contribution is 5.97. The van der Waals surface area contributed by atoms with Crippen LogP contribution >= 0.6 is 0 Å². The van der Waals surface area contributed by atoms with Crippen LogP contribution in [0.2, 0.25) is 0 Å². The van der Waals surface area contributed by atoms with E-state index in [1.165, 1.54) is 0 Å². The van der Waals surface area contributed by atoms with Crippen LogP contribution in [0.1, 0.15) is 84.0 Å². The van der Waals surface area contributed by atoms with Gasteiger partial charge < -0.3 is 93.3 Å². The summed E-state index contributed by atoms with van der Waals surface area (Å²) in [5.74, 6) is -9.39. The number of carboxylic acids is 1. The van der Waals surface area contributed by atoms with Crippen LogP contribution in [0, 0.1) is 0 Å². The number of aliphatic hydroxyl groups excluding tert-OH is 1. The Balaban J connectivity index is 3.52. The van der Waals surface area contributed by atoms with Crippen molar-refractivity contribution >= 4 is 71.1 Å². The van der Waals surface area contributed by atoms with Gasteiger partial charge >= 0.3 is 5.97 Å². The summed E-state index contributed by atoms with van der Waals surface area (Å²) in [6.07, 6.45) is -1.91. The lowest BCUT2D eigenvalue weighted by Crippen LogP contribution is -2.61. The number of carboxylic acid groups (broad SMARTS) is 1. The number of amides is 8. The van der Waals surface area contributed by atoms with Gasteiger partial charge in [0.2, 0.25) is 47.3 Å². The number of aliphatic hydroxyl groups is 1. The molecule has 66 heavy (non-hydrogen) atoms. The lowest BCUT2D eigenvalue weighted by Gasteiger charge is -2.28. The van der Waals surface area contributed by atoms with Crippen molar-refractivity contribution in [3.05, 3.63) is 0 Å². The van der Waals surface area contributed by atoms with Gasteiger partial charge in [-0.2, -0.15) is 0 Å². The number of carbonyl (C=O) groups excluding carboxylic acids is 8. The number of guanidine groups is 3. The van der Waals surface area contributed by atoms with Crippen molar-refractivity contribution in [3.63, 3.8) is 0 Å². The molecule has 0 radical (unpaired) electrons. The second kappa shape index (κ2) is 30.2. The minimum Gasteiger partial charge on any atom is -0.480 e. The fourth-order valence-corrected chi connectivity index (χ4v) is 6.33. The van der Waals surface area contributed by atoms with E-state index < -0.39 is 127 Å². The molecule has 0 bridgehead atoms. The first kappa shape index (κ1) is 57.0. The molecule has 0 aromatic rings. The molecule has 0 saturated carbocycles. The fourth-order valence-electron chi connectivity index (χ4n) is 6.33. The smallest absolute Gasteiger partial charge is 0.326 e. The molecule has 0 aromatic heterocycles. The molecule has 8 amide bonds. The van der Waals surface area contributed by atoms with E-state index in [0.717, 1.165) is 13.3 Å². The van der Waals surface area contributed by atoms with E-state index in [2.05, 4.69) is 52.2 Å². The first-order valence-electron chi connectivity index (χ1n) is 21.2. The normalized spacial score (nSPS) is 16.2. The Morgan fingerprint density at radius 2 is 0.909 bits per heavy atom. The monoisotopic (exact) mass is 941 g/mol. The summed E-state index contributed by atoms with van der Waals surface area (Å²) < 4.78 is 0. The zero-order valence-corrected chi connectivity index (χ0v) is 37.0. The lowest BCUT2D eigenvalue weighted by atomic mass is 10.0. The van der Waals surface area contributed by atoms with Crippen LogP contribution in [-0.4, -0.2) is 156 Å². The van der Waals surface area contributed by atoms with Crippen LogP contribution in [-0.2, 0) is 43.2 Å². The largest absolute Gasteiger partial charge is 0.480 e. The van der Waals surface area contributed by atoms with Crippen molar-refractivity contribution in [2.45, 2.75) is 132 Å². The molecular weight excluding hydrogens is 873 g/mol. The van der Waals surface area contributed by atoms with Crippen molar-refractivity contribution in [3.8, 4) is 0 Å². The van der Waals surface area contributed by atoms with Gasteiger partial charge in [0, 0.05) is 32.5 Å². The first-order chi connectivity index (χ1) is 31.0. The minimum absolute atomic E-state index is 0.0225. The number of hydrogen-bond donors (Lipinski definition) is 17. The van der Waals surface area contributed by atoms with E-state index in [-0.39, 0.29) is 76.0 Å². The molecule has 1 rings (SSSR count). The molecule has 29 nitrogen and oxygen atoms in total. The Morgan fingerprint density at radius 1 is 0.545 bits per heavy atom. The predicted octanol–water partition coefficient (Wildman–Crippen LogP) is -8.20. The summed E-state index contributed by atoms with van der Waals surface area (Å²) in [5.41, 5.74) is 43.1. The molecule has 1 aliphatic heterocycles. The fraction of sp³-hybridized carbons (Fsp3) is 0.676. The molecule has 0 spiro atoms. The van der Waals surface area contributed by atoms with Gasteiger partial charge in [-0.25, -0.2) is 4.79 Å². The second-order valence-corrected chi connectivity index (χ2v) is 15.4. The number of primary amides is 2. The van der Waals surface area contributed by atoms with Crippen LogP contribution in [0.15, 0.2) is 15.0 Å². The summed E-state index contributed by atoms with van der Waals surface area (Å²) in [7, 11) is 0. The van der Waals surface area contributed by atoms with Gasteiger partial charge in [-0.3, -0.25) is 53.3 Å². The highest BCUT2D eigenvalue weighted by atomic mass is 16.4. The Morgan fingerprint density at radius 3 is 1.26 bits per heavy atom. The number of aliphatic carboxylic acids is 1. The average Bonchev–Trinajstić information content (AvgIpc) is 3.78. The van der Waals surface area contributed by atoms with Crippen molar-refractivity contribution in [1.29, 1.82) is 0 Å². The summed E-state index contributed by atoms with van der Waals surface area (Å²) in [6.45, 7) is 1.83. The minimum atomic E-state index is -1.83. The van der Waals surface area contributed by atoms with Crippen LogP contribution in [0.3, 0.4) is 0 Å². The molecule has 0 aromatic carbocycles. The Bertz CT molecular complexity index is 1760. The SMILES string of the molecule is C[C@@H](O)[C@H](NC(=O)[C@H](CCC(N)=O)NC(=O)[C@H](CCCN=C(N)N)NC(=O)[C@H](CCCN=C(N)N)NC(=O)[C@H](CCCN=C(N)N)NC(=O)[C@@H]1CCCN1)C(=O)N[C@@H](CCC(N)=O)C(=O)O. The van der Waals surface area contributed by atoms with Crippen molar-refractivity contribution in [2.24, 2.45) is 60.8 Å². The molecular formula is C37H68N18O11. The first-order valence-corrected chi connectivity index (χ1v) is 21.2. The standard InChI is InChI=1S/C37H68N18O11/c1-18(56)27(33(64)54-24(34(65)66)11-13-26(39)58)55-32(63)23(10-12-25(38)57)53-31(62)22(9-5-17-49-37(44)45)52-30(61)21(8-4-16-48-36(42)43)51-29(60)20(7-3-15-47-35(40)41)50-28(59)19-6-2-14-46-19/h18-24,27,46,56H,2-17H2,1H3,(H2,38,57)(H2,39,58)(H,50,59)(H,51,60)(H,52,61)(H,53,62)(H,54,64)(H,55,63)(H,65,66)(H4,40,41,47)(H4,42,43,48)(H4,44,45,49)/t18-,19+,20+,21+,22+,23+,24+,27+/m1/s1. The third-order valence-electron chi connectivity index (χ3n) is 9.78. The average molecular weight is 941 g/mol. The van der Waals surface area contributed by atoms with Gasteiger partial charge in [0.15, 0.2) is 17.9 Å². The molecule has 25 N–H and O–H groups in total. The Kier molecular flexibility index (Phi) is 26.0. The van der Waals surface area contributed by atoms with Crippen molar-refractivity contribution < 1.29 is 53.4 Å². The number of nitrogens with zero attached hydrogens (tertiary/aromatic N) is 3. The molecule has 1 saturated heterocycles. The summed E-state index contributed by atoms with van der Waals surface area (Å²) >= 11 is 0. The van der Waals surface area contributed by atoms with E-state index in [1.807, 2.05) is 0 Å². The van der Waals surface area contributed by atoms with Crippen LogP contribution in [0.4, 0.5) is 0 Å². The lowest BCUT2D eigenvalue weighted by molar-refractivity contribution is -0.143. The number of hydrogen-bond acceptors (Lipinski definition) is 14. The quantitative estimate of drug-likeness (QED) is 0.0169. The van der Waals surface area contributed by atoms with E-state index in [9.17, 15) is 53.4 Å². The number of aliphatic imine (C=N–C) groups is 3. The van der Waals surface area contributed by atoms with Crippen LogP contribution in [0.25, 0.3) is 0 Å². The van der Waals surface area contributed by atoms with Gasteiger partial charge in [0.1, 0.15) is 36.3 Å². The Labute approximate surface area is 380 Å². The molecule has 8 atom stereocenters. The van der Waals surface area contributed by atoms with E-state index >= 15 is 0 Å². The molecule has 1 aliphatic rings. The molecule has 1 fully saturated rings. The van der Waals surface area contributed by atoms with E-state index in [0.29, 0.717) is 13.0 Å². The number of nitrogens with one attached hydrogen (secondary N) is 7. The molecule has 0 unspecified atom stereocenters. The topological polar surface area (TPSA) is 524 Å². The summed E-state index contributed by atoms with van der Waals surface area (Å²) in [6, 6.07) is -9.72. The predicted molar refractivity (Wildman–Crippen MR) is 239 cm³/mol. The van der Waals surface area contributed by atoms with Crippen LogP contribution in [0.5, 0.6) is 0 Å². The van der Waals surface area contributed by atoms with Gasteiger partial charge in [0.25, 0.3) is 0 Å². The van der Waals surface area contributed by atoms with Gasteiger partial charge in [-0.15, -0.1) is 0 Å². The van der Waals surface area contributed by atoms with Gasteiger partial charge in [0.05, 0.1) is 12.1 Å². The van der Waals surface area contributed by atoms with Crippen LogP contribution < -0.4 is 83.1 Å². The highest BCUT2D eigenvalue weighted by Gasteiger charge is 2.35. The molecule has 0 aliphatic carbocycles. The molecule has 29 heteroatoms. The summed E-state index contributed by atoms with van der Waals surface area (Å²) in [5, 5.41) is 37.7. The van der Waals surface area contributed by atoms with E-state index in [1.54, 1.807) is 0 Å². The number of carbonyl (C=O) groups is 9. The molecule has 1 heterocycles. The van der Waals surface area contributed by atoms with Gasteiger partial charge in [-0.05, 0) is 77.7 Å².